The molecule has 3 aromatic carbocycles. The molecule has 0 saturated carbocycles. The van der Waals surface area contributed by atoms with E-state index in [9.17, 15) is 9.59 Å². The van der Waals surface area contributed by atoms with Gasteiger partial charge in [0.15, 0.2) is 0 Å². The number of para-hydroxylation sites is 2. The van der Waals surface area contributed by atoms with Gasteiger partial charge in [0, 0.05) is 18.8 Å². The zero-order valence-corrected chi connectivity index (χ0v) is 20.5. The summed E-state index contributed by atoms with van der Waals surface area (Å²) in [5.74, 6) is -0.0414. The maximum absolute atomic E-state index is 12.3. The molecule has 0 radical (unpaired) electrons. The number of hydrogen-bond acceptors (Lipinski definition) is 5. The highest BCUT2D eigenvalue weighted by Gasteiger charge is 2.19. The van der Waals surface area contributed by atoms with Gasteiger partial charge in [-0.2, -0.15) is 0 Å². The van der Waals surface area contributed by atoms with Gasteiger partial charge in [0.2, 0.25) is 12.3 Å². The van der Waals surface area contributed by atoms with E-state index in [1.165, 1.54) is 0 Å². The van der Waals surface area contributed by atoms with Crippen LogP contribution in [-0.4, -0.2) is 44.8 Å². The lowest BCUT2D eigenvalue weighted by Crippen LogP contribution is -2.43. The molecular formula is C26H32N4O2S. The summed E-state index contributed by atoms with van der Waals surface area (Å²) in [5, 5.41) is 8.19. The van der Waals surface area contributed by atoms with E-state index in [1.807, 2.05) is 49.6 Å². The number of fused-ring (bicyclic) bond motifs is 1. The van der Waals surface area contributed by atoms with Gasteiger partial charge >= 0.3 is 0 Å². The van der Waals surface area contributed by atoms with Crippen molar-refractivity contribution in [2.75, 3.05) is 35.6 Å². The van der Waals surface area contributed by atoms with Crippen molar-refractivity contribution in [1.82, 2.24) is 10.6 Å². The first kappa shape index (κ1) is 24.6. The maximum atomic E-state index is 12.3. The van der Waals surface area contributed by atoms with Gasteiger partial charge in [0.25, 0.3) is 0 Å². The van der Waals surface area contributed by atoms with Crippen LogP contribution >= 0.6 is 11.9 Å². The van der Waals surface area contributed by atoms with Gasteiger partial charge in [0.1, 0.15) is 0 Å². The van der Waals surface area contributed by atoms with Gasteiger partial charge in [-0.3, -0.25) is 9.59 Å². The first-order valence-electron chi connectivity index (χ1n) is 11.0. The number of nitrogens with one attached hydrogen (secondary N) is 2. The second-order valence-corrected chi connectivity index (χ2v) is 8.85. The number of amides is 2. The van der Waals surface area contributed by atoms with Gasteiger partial charge in [-0.05, 0) is 54.9 Å². The van der Waals surface area contributed by atoms with Gasteiger partial charge in [-0.15, -0.1) is 0 Å². The minimum absolute atomic E-state index is 0.0414. The van der Waals surface area contributed by atoms with Gasteiger partial charge in [0.05, 0.1) is 24.5 Å². The third kappa shape index (κ3) is 6.06. The van der Waals surface area contributed by atoms with Gasteiger partial charge < -0.3 is 19.8 Å². The molecule has 0 aliphatic heterocycles. The third-order valence-corrected chi connectivity index (χ3v) is 6.38. The van der Waals surface area contributed by atoms with E-state index in [0.717, 1.165) is 39.7 Å². The number of carbonyl (C=O) groups is 2. The Balaban J connectivity index is 1.90. The van der Waals surface area contributed by atoms with Crippen LogP contribution in [0, 0.1) is 6.92 Å². The Bertz CT molecular complexity index is 1100. The van der Waals surface area contributed by atoms with Crippen molar-refractivity contribution in [3.63, 3.8) is 0 Å². The molecule has 2 N–H and O–H groups in total. The fourth-order valence-electron chi connectivity index (χ4n) is 3.97. The Kier molecular flexibility index (Phi) is 8.74. The van der Waals surface area contributed by atoms with Crippen molar-refractivity contribution in [3.05, 3.63) is 71.8 Å². The average Bonchev–Trinajstić information content (AvgIpc) is 2.82. The van der Waals surface area contributed by atoms with E-state index in [2.05, 4.69) is 46.1 Å². The van der Waals surface area contributed by atoms with Crippen LogP contribution in [0.15, 0.2) is 60.7 Å². The van der Waals surface area contributed by atoms with Crippen LogP contribution < -0.4 is 19.8 Å². The van der Waals surface area contributed by atoms with Gasteiger partial charge in [-0.25, -0.2) is 0 Å². The molecule has 3 aromatic rings. The van der Waals surface area contributed by atoms with Crippen molar-refractivity contribution in [2.24, 2.45) is 0 Å². The molecule has 0 heterocycles. The zero-order valence-electron chi connectivity index (χ0n) is 19.7. The quantitative estimate of drug-likeness (QED) is 0.330. The largest absolute Gasteiger partial charge is 0.351 e. The number of carbonyl (C=O) groups excluding carboxylic acids is 2. The predicted octanol–water partition coefficient (Wildman–Crippen LogP) is 4.12. The molecule has 0 spiro atoms. The summed E-state index contributed by atoms with van der Waals surface area (Å²) < 4.78 is 2.12. The van der Waals surface area contributed by atoms with Crippen LogP contribution in [-0.2, 0) is 16.1 Å². The monoisotopic (exact) mass is 464 g/mol. The van der Waals surface area contributed by atoms with Crippen molar-refractivity contribution in [1.29, 1.82) is 0 Å². The molecule has 0 aliphatic carbocycles. The molecule has 0 aromatic heterocycles. The Morgan fingerprint density at radius 2 is 1.76 bits per heavy atom. The van der Waals surface area contributed by atoms with Crippen LogP contribution in [0.4, 0.5) is 11.4 Å². The summed E-state index contributed by atoms with van der Waals surface area (Å²) in [5.41, 5.74) is 4.06. The summed E-state index contributed by atoms with van der Waals surface area (Å²) in [7, 11) is 1.75. The maximum Gasteiger partial charge on any atom is 0.234 e. The number of anilines is 2. The highest BCUT2D eigenvalue weighted by Crippen LogP contribution is 2.34. The SMILES string of the molecule is CNCC(=O)NC(C)CN(SC)c1ccccc1N(C=O)Cc1c(C)ccc2ccccc12. The minimum Gasteiger partial charge on any atom is -0.351 e. The highest BCUT2D eigenvalue weighted by atomic mass is 32.2. The Labute approximate surface area is 200 Å². The summed E-state index contributed by atoms with van der Waals surface area (Å²) in [4.78, 5) is 26.0. The molecule has 174 valence electrons. The number of hydrogen-bond donors (Lipinski definition) is 2. The zero-order chi connectivity index (χ0) is 23.8. The summed E-state index contributed by atoms with van der Waals surface area (Å²) in [6.45, 7) is 5.43. The van der Waals surface area contributed by atoms with Crippen LogP contribution in [0.2, 0.25) is 0 Å². The number of nitrogens with zero attached hydrogens (tertiary/aromatic N) is 2. The molecule has 0 aliphatic rings. The van der Waals surface area contributed by atoms with E-state index < -0.39 is 0 Å². The van der Waals surface area contributed by atoms with Crippen molar-refractivity contribution in [3.8, 4) is 0 Å². The van der Waals surface area contributed by atoms with Crippen molar-refractivity contribution < 1.29 is 9.59 Å². The fraction of sp³-hybridized carbons (Fsp3) is 0.308. The van der Waals surface area contributed by atoms with Crippen LogP contribution in [0.5, 0.6) is 0 Å². The molecule has 6 nitrogen and oxygen atoms in total. The standard InChI is InChI=1S/C26H32N4O2S/c1-19-13-14-21-9-5-6-10-22(21)23(19)17-29(18-31)24-11-7-8-12-25(24)30(33-4)16-20(2)28-26(32)15-27-3/h5-14,18,20,27H,15-17H2,1-4H3,(H,28,32). The second kappa shape index (κ2) is 11.7. The fourth-order valence-corrected chi connectivity index (χ4v) is 4.70. The number of aryl methyl sites for hydroxylation is 1. The molecule has 1 atom stereocenters. The minimum atomic E-state index is -0.0589. The molecule has 0 bridgehead atoms. The van der Waals surface area contributed by atoms with E-state index >= 15 is 0 Å². The number of likely N-dealkylation sites (N-methyl/N-ethyl adjacent to an activating group) is 1. The number of rotatable bonds is 11. The number of benzene rings is 3. The Morgan fingerprint density at radius 3 is 2.45 bits per heavy atom. The summed E-state index contributed by atoms with van der Waals surface area (Å²) >= 11 is 1.57. The Morgan fingerprint density at radius 1 is 1.06 bits per heavy atom. The van der Waals surface area contributed by atoms with Crippen molar-refractivity contribution in [2.45, 2.75) is 26.4 Å². The van der Waals surface area contributed by atoms with Crippen LogP contribution in [0.1, 0.15) is 18.1 Å². The second-order valence-electron chi connectivity index (χ2n) is 8.05. The topological polar surface area (TPSA) is 64.7 Å². The first-order chi connectivity index (χ1) is 16.0. The molecule has 0 fully saturated rings. The van der Waals surface area contributed by atoms with Crippen LogP contribution in [0.3, 0.4) is 0 Å². The van der Waals surface area contributed by atoms with Gasteiger partial charge in [-0.1, -0.05) is 60.5 Å². The van der Waals surface area contributed by atoms with E-state index in [0.29, 0.717) is 13.1 Å². The smallest absolute Gasteiger partial charge is 0.234 e. The molecule has 33 heavy (non-hydrogen) atoms. The van der Waals surface area contributed by atoms with Crippen LogP contribution in [0.25, 0.3) is 10.8 Å². The predicted molar refractivity (Wildman–Crippen MR) is 140 cm³/mol. The van der Waals surface area contributed by atoms with E-state index in [1.54, 1.807) is 23.9 Å². The van der Waals surface area contributed by atoms with E-state index in [4.69, 9.17) is 0 Å². The third-order valence-electron chi connectivity index (χ3n) is 5.60. The molecule has 0 saturated heterocycles. The normalized spacial score (nSPS) is 11.8. The average molecular weight is 465 g/mol. The summed E-state index contributed by atoms with van der Waals surface area (Å²) in [6, 6.07) is 20.3. The molecule has 3 rings (SSSR count). The lowest BCUT2D eigenvalue weighted by atomic mass is 9.99. The lowest BCUT2D eigenvalue weighted by molar-refractivity contribution is -0.120. The molecule has 1 unspecified atom stereocenters. The summed E-state index contributed by atoms with van der Waals surface area (Å²) in [6.07, 6.45) is 2.90. The van der Waals surface area contributed by atoms with Crippen molar-refractivity contribution >= 4 is 46.4 Å². The van der Waals surface area contributed by atoms with E-state index in [-0.39, 0.29) is 18.5 Å². The molecule has 2 amide bonds. The molecule has 7 heteroatoms. The highest BCUT2D eigenvalue weighted by molar-refractivity contribution is 8.00. The first-order valence-corrected chi connectivity index (χ1v) is 12.2. The molecular weight excluding hydrogens is 432 g/mol. The lowest BCUT2D eigenvalue weighted by Gasteiger charge is -2.30. The Hall–Kier alpha value is -3.03.